The van der Waals surface area contributed by atoms with Crippen LogP contribution in [0.2, 0.25) is 0 Å². The number of ether oxygens (including phenoxy) is 2. The summed E-state index contributed by atoms with van der Waals surface area (Å²) in [4.78, 5) is 19.8. The van der Waals surface area contributed by atoms with Crippen LogP contribution in [0.1, 0.15) is 25.1 Å². The molecule has 0 aliphatic rings. The predicted molar refractivity (Wildman–Crippen MR) is 97.2 cm³/mol. The van der Waals surface area contributed by atoms with Gasteiger partial charge in [-0.3, -0.25) is 4.79 Å². The number of nitriles is 1. The van der Waals surface area contributed by atoms with Gasteiger partial charge in [0.1, 0.15) is 23.9 Å². The normalized spacial score (nSPS) is 11.7. The molecule has 0 saturated carbocycles. The smallest absolute Gasteiger partial charge is 0.194 e. The van der Waals surface area contributed by atoms with E-state index >= 15 is 0 Å². The number of H-pyrrole nitrogens is 1. The van der Waals surface area contributed by atoms with Gasteiger partial charge in [-0.15, -0.1) is 0 Å². The Hall–Kier alpha value is -3.33. The molecule has 3 aromatic rings. The van der Waals surface area contributed by atoms with E-state index in [1.165, 1.54) is 0 Å². The topological polar surface area (TPSA) is 88.0 Å². The summed E-state index contributed by atoms with van der Waals surface area (Å²) in [5.41, 5.74) is 1.51. The highest BCUT2D eigenvalue weighted by Gasteiger charge is 2.24. The summed E-state index contributed by atoms with van der Waals surface area (Å²) in [6.45, 7) is 2.49. The lowest BCUT2D eigenvalue weighted by atomic mass is 10.1. The fraction of sp³-hybridized carbons (Fsp3) is 0.250. The highest BCUT2D eigenvalue weighted by Crippen LogP contribution is 2.20. The number of hydrogen-bond acceptors (Lipinski definition) is 5. The predicted octanol–water partition coefficient (Wildman–Crippen LogP) is 3.61. The largest absolute Gasteiger partial charge is 0.494 e. The average Bonchev–Trinajstić information content (AvgIpc) is 3.09. The Labute approximate surface area is 151 Å². The van der Waals surface area contributed by atoms with E-state index in [9.17, 15) is 10.1 Å². The molecule has 6 heteroatoms. The van der Waals surface area contributed by atoms with Gasteiger partial charge in [0.15, 0.2) is 11.7 Å². The molecule has 3 rings (SSSR count). The minimum atomic E-state index is -0.991. The molecule has 0 aliphatic heterocycles. The molecular weight excluding hydrogens is 330 g/mol. The zero-order chi connectivity index (χ0) is 18.4. The Morgan fingerprint density at radius 3 is 2.50 bits per heavy atom. The van der Waals surface area contributed by atoms with E-state index in [-0.39, 0.29) is 12.4 Å². The molecule has 0 saturated heterocycles. The number of fused-ring (bicyclic) bond motifs is 1. The third kappa shape index (κ3) is 4.01. The number of rotatable bonds is 8. The van der Waals surface area contributed by atoms with Crippen molar-refractivity contribution in [2.24, 2.45) is 0 Å². The summed E-state index contributed by atoms with van der Waals surface area (Å²) < 4.78 is 11.0. The lowest BCUT2D eigenvalue weighted by Gasteiger charge is -2.09. The van der Waals surface area contributed by atoms with Crippen LogP contribution in [-0.4, -0.2) is 29.0 Å². The summed E-state index contributed by atoms with van der Waals surface area (Å²) in [5, 5.41) is 9.39. The van der Waals surface area contributed by atoms with Gasteiger partial charge < -0.3 is 14.5 Å². The first-order valence-corrected chi connectivity index (χ1v) is 8.44. The van der Waals surface area contributed by atoms with Crippen LogP contribution in [0.3, 0.4) is 0 Å². The standard InChI is InChI=1S/C20H19N3O3/c1-2-11-25-14-7-9-15(10-8-14)26-13-19(24)16(12-21)20-22-17-5-3-4-6-18(17)23-20/h3-10,16H,2,11,13H2,1H3,(H,22,23). The Morgan fingerprint density at radius 2 is 1.85 bits per heavy atom. The van der Waals surface area contributed by atoms with Crippen LogP contribution in [0.4, 0.5) is 0 Å². The number of aromatic amines is 1. The number of Topliss-reactive ketones (excluding diaryl/α,β-unsaturated/α-hetero) is 1. The number of carbonyl (C=O) groups is 1. The van der Waals surface area contributed by atoms with E-state index in [1.807, 2.05) is 37.3 Å². The minimum Gasteiger partial charge on any atom is -0.494 e. The molecule has 1 aromatic heterocycles. The monoisotopic (exact) mass is 349 g/mol. The molecule has 1 N–H and O–H groups in total. The number of para-hydroxylation sites is 2. The molecule has 0 amide bonds. The third-order valence-corrected chi connectivity index (χ3v) is 3.81. The van der Waals surface area contributed by atoms with Gasteiger partial charge in [-0.1, -0.05) is 19.1 Å². The zero-order valence-corrected chi connectivity index (χ0v) is 14.4. The summed E-state index contributed by atoms with van der Waals surface area (Å²) in [6, 6.07) is 16.5. The van der Waals surface area contributed by atoms with Crippen molar-refractivity contribution in [1.29, 1.82) is 5.26 Å². The molecule has 26 heavy (non-hydrogen) atoms. The van der Waals surface area contributed by atoms with Crippen molar-refractivity contribution in [2.45, 2.75) is 19.3 Å². The maximum Gasteiger partial charge on any atom is 0.194 e. The second-order valence-electron chi connectivity index (χ2n) is 5.78. The summed E-state index contributed by atoms with van der Waals surface area (Å²) in [6.07, 6.45) is 0.935. The number of carbonyl (C=O) groups excluding carboxylic acids is 1. The number of hydrogen-bond donors (Lipinski definition) is 1. The van der Waals surface area contributed by atoms with E-state index in [0.717, 1.165) is 23.2 Å². The first-order valence-electron chi connectivity index (χ1n) is 8.44. The number of ketones is 1. The summed E-state index contributed by atoms with van der Waals surface area (Å²) in [5.74, 6) is 0.296. The maximum atomic E-state index is 12.4. The summed E-state index contributed by atoms with van der Waals surface area (Å²) in [7, 11) is 0. The van der Waals surface area contributed by atoms with Gasteiger partial charge in [0.2, 0.25) is 0 Å². The Morgan fingerprint density at radius 1 is 1.15 bits per heavy atom. The van der Waals surface area contributed by atoms with Crippen molar-refractivity contribution in [1.82, 2.24) is 9.97 Å². The van der Waals surface area contributed by atoms with Crippen LogP contribution in [0.15, 0.2) is 48.5 Å². The molecule has 2 aromatic carbocycles. The minimum absolute atomic E-state index is 0.204. The molecule has 1 atom stereocenters. The van der Waals surface area contributed by atoms with Crippen LogP contribution in [0.25, 0.3) is 11.0 Å². The SMILES string of the molecule is CCCOc1ccc(OCC(=O)C(C#N)c2nc3ccccc3[nH]2)cc1. The van der Waals surface area contributed by atoms with Gasteiger partial charge in [-0.25, -0.2) is 4.98 Å². The molecule has 1 unspecified atom stereocenters. The molecule has 0 bridgehead atoms. The Balaban J connectivity index is 1.63. The van der Waals surface area contributed by atoms with Crippen molar-refractivity contribution in [3.63, 3.8) is 0 Å². The molecule has 0 aliphatic carbocycles. The van der Waals surface area contributed by atoms with Crippen LogP contribution in [0.5, 0.6) is 11.5 Å². The lowest BCUT2D eigenvalue weighted by molar-refractivity contribution is -0.121. The highest BCUT2D eigenvalue weighted by atomic mass is 16.5. The highest BCUT2D eigenvalue weighted by molar-refractivity contribution is 5.90. The van der Waals surface area contributed by atoms with E-state index in [0.29, 0.717) is 18.2 Å². The fourth-order valence-electron chi connectivity index (χ4n) is 2.48. The third-order valence-electron chi connectivity index (χ3n) is 3.81. The van der Waals surface area contributed by atoms with Crippen molar-refractivity contribution in [3.8, 4) is 17.6 Å². The molecule has 0 fully saturated rings. The first-order chi connectivity index (χ1) is 12.7. The van der Waals surface area contributed by atoms with Crippen molar-refractivity contribution >= 4 is 16.8 Å². The van der Waals surface area contributed by atoms with Crippen LogP contribution < -0.4 is 9.47 Å². The zero-order valence-electron chi connectivity index (χ0n) is 14.4. The molecule has 0 spiro atoms. The van der Waals surface area contributed by atoms with E-state index in [1.54, 1.807) is 24.3 Å². The molecule has 6 nitrogen and oxygen atoms in total. The fourth-order valence-corrected chi connectivity index (χ4v) is 2.48. The number of imidazole rings is 1. The molecular formula is C20H19N3O3. The second kappa shape index (κ2) is 8.17. The number of nitrogens with zero attached hydrogens (tertiary/aromatic N) is 2. The maximum absolute atomic E-state index is 12.4. The number of aromatic nitrogens is 2. The molecule has 132 valence electrons. The van der Waals surface area contributed by atoms with Gasteiger partial charge in [0, 0.05) is 0 Å². The Bertz CT molecular complexity index is 892. The van der Waals surface area contributed by atoms with Crippen LogP contribution >= 0.6 is 0 Å². The van der Waals surface area contributed by atoms with Crippen LogP contribution in [-0.2, 0) is 4.79 Å². The second-order valence-corrected chi connectivity index (χ2v) is 5.78. The van der Waals surface area contributed by atoms with Crippen LogP contribution in [0, 0.1) is 11.3 Å². The van der Waals surface area contributed by atoms with Gasteiger partial charge in [0.05, 0.1) is 23.7 Å². The van der Waals surface area contributed by atoms with E-state index < -0.39 is 5.92 Å². The Kier molecular flexibility index (Phi) is 5.49. The van der Waals surface area contributed by atoms with Gasteiger partial charge in [-0.05, 0) is 42.8 Å². The first kappa shape index (κ1) is 17.5. The van der Waals surface area contributed by atoms with Crippen molar-refractivity contribution in [2.75, 3.05) is 13.2 Å². The summed E-state index contributed by atoms with van der Waals surface area (Å²) >= 11 is 0. The van der Waals surface area contributed by atoms with Gasteiger partial charge >= 0.3 is 0 Å². The lowest BCUT2D eigenvalue weighted by Crippen LogP contribution is -2.20. The van der Waals surface area contributed by atoms with Gasteiger partial charge in [-0.2, -0.15) is 5.26 Å². The van der Waals surface area contributed by atoms with Crippen molar-refractivity contribution in [3.05, 3.63) is 54.4 Å². The molecule has 0 radical (unpaired) electrons. The average molecular weight is 349 g/mol. The van der Waals surface area contributed by atoms with Gasteiger partial charge in [0.25, 0.3) is 0 Å². The van der Waals surface area contributed by atoms with E-state index in [2.05, 4.69) is 9.97 Å². The van der Waals surface area contributed by atoms with E-state index in [4.69, 9.17) is 9.47 Å². The number of benzene rings is 2. The van der Waals surface area contributed by atoms with Crippen molar-refractivity contribution < 1.29 is 14.3 Å². The molecule has 1 heterocycles. The quantitative estimate of drug-likeness (QED) is 0.671. The number of nitrogens with one attached hydrogen (secondary N) is 1.